The zero-order valence-electron chi connectivity index (χ0n) is 10.4. The van der Waals surface area contributed by atoms with Crippen molar-refractivity contribution in [2.75, 3.05) is 13.6 Å². The molecule has 0 spiro atoms. The van der Waals surface area contributed by atoms with Gasteiger partial charge >= 0.3 is 5.97 Å². The summed E-state index contributed by atoms with van der Waals surface area (Å²) >= 11 is 5.84. The summed E-state index contributed by atoms with van der Waals surface area (Å²) in [7, 11) is 1.82. The molecule has 2 atom stereocenters. The van der Waals surface area contributed by atoms with Gasteiger partial charge in [-0.25, -0.2) is 0 Å². The minimum atomic E-state index is -0.803. The molecule has 0 heterocycles. The molecule has 0 aliphatic carbocycles. The zero-order valence-corrected chi connectivity index (χ0v) is 11.1. The minimum Gasteiger partial charge on any atom is -0.480 e. The first-order valence-corrected chi connectivity index (χ1v) is 5.97. The number of halogens is 1. The average Bonchev–Trinajstić information content (AvgIpc) is 2.27. The number of rotatable bonds is 5. The predicted molar refractivity (Wildman–Crippen MR) is 69.6 cm³/mol. The molecule has 17 heavy (non-hydrogen) atoms. The van der Waals surface area contributed by atoms with Crippen LogP contribution in [0.15, 0.2) is 24.3 Å². The fourth-order valence-corrected chi connectivity index (χ4v) is 1.91. The van der Waals surface area contributed by atoms with Crippen molar-refractivity contribution in [1.82, 2.24) is 4.90 Å². The van der Waals surface area contributed by atoms with Crippen molar-refractivity contribution >= 4 is 17.6 Å². The third-order valence-electron chi connectivity index (χ3n) is 3.20. The smallest absolute Gasteiger partial charge is 0.317 e. The van der Waals surface area contributed by atoms with Gasteiger partial charge in [0.05, 0.1) is 6.54 Å². The lowest BCUT2D eigenvalue weighted by molar-refractivity contribution is -0.138. The van der Waals surface area contributed by atoms with Crippen LogP contribution in [-0.4, -0.2) is 35.6 Å². The van der Waals surface area contributed by atoms with Crippen molar-refractivity contribution in [2.45, 2.75) is 25.8 Å². The maximum absolute atomic E-state index is 10.7. The standard InChI is InChI=1S/C13H18ClNO2/c1-9(10(2)15(3)8-13(16)17)11-4-6-12(14)7-5-11/h4-7,9-10H,8H2,1-3H3,(H,16,17). The van der Waals surface area contributed by atoms with Gasteiger partial charge in [-0.2, -0.15) is 0 Å². The molecule has 0 saturated heterocycles. The first-order valence-electron chi connectivity index (χ1n) is 5.59. The summed E-state index contributed by atoms with van der Waals surface area (Å²) in [5, 5.41) is 9.48. The highest BCUT2D eigenvalue weighted by molar-refractivity contribution is 6.30. The molecular weight excluding hydrogens is 238 g/mol. The summed E-state index contributed by atoms with van der Waals surface area (Å²) in [6.07, 6.45) is 0. The van der Waals surface area contributed by atoms with Gasteiger partial charge in [0.15, 0.2) is 0 Å². The van der Waals surface area contributed by atoms with Crippen molar-refractivity contribution in [3.63, 3.8) is 0 Å². The summed E-state index contributed by atoms with van der Waals surface area (Å²) < 4.78 is 0. The fraction of sp³-hybridized carbons (Fsp3) is 0.462. The van der Waals surface area contributed by atoms with Gasteiger partial charge in [0.1, 0.15) is 0 Å². The summed E-state index contributed by atoms with van der Waals surface area (Å²) in [4.78, 5) is 12.5. The van der Waals surface area contributed by atoms with Crippen LogP contribution in [0.5, 0.6) is 0 Å². The van der Waals surface area contributed by atoms with Crippen LogP contribution in [0.4, 0.5) is 0 Å². The van der Waals surface area contributed by atoms with E-state index >= 15 is 0 Å². The highest BCUT2D eigenvalue weighted by Gasteiger charge is 2.20. The first-order chi connectivity index (χ1) is 7.91. The second-order valence-corrected chi connectivity index (χ2v) is 4.83. The first kappa shape index (κ1) is 14.0. The quantitative estimate of drug-likeness (QED) is 0.880. The van der Waals surface area contributed by atoms with E-state index < -0.39 is 5.97 Å². The fourth-order valence-electron chi connectivity index (χ4n) is 1.78. The van der Waals surface area contributed by atoms with Crippen LogP contribution >= 0.6 is 11.6 Å². The lowest BCUT2D eigenvalue weighted by atomic mass is 9.93. The van der Waals surface area contributed by atoms with E-state index in [-0.39, 0.29) is 18.5 Å². The summed E-state index contributed by atoms with van der Waals surface area (Å²) in [5.74, 6) is -0.542. The lowest BCUT2D eigenvalue weighted by Gasteiger charge is -2.28. The van der Waals surface area contributed by atoms with Crippen LogP contribution in [0.2, 0.25) is 5.02 Å². The molecule has 0 amide bonds. The van der Waals surface area contributed by atoms with Crippen LogP contribution in [0.1, 0.15) is 25.3 Å². The van der Waals surface area contributed by atoms with Crippen LogP contribution in [0.25, 0.3) is 0 Å². The van der Waals surface area contributed by atoms with Crippen LogP contribution in [0, 0.1) is 0 Å². The Labute approximate surface area is 107 Å². The second-order valence-electron chi connectivity index (χ2n) is 4.39. The van der Waals surface area contributed by atoms with E-state index in [0.29, 0.717) is 5.02 Å². The van der Waals surface area contributed by atoms with E-state index in [2.05, 4.69) is 6.92 Å². The monoisotopic (exact) mass is 255 g/mol. The number of nitrogens with zero attached hydrogens (tertiary/aromatic N) is 1. The molecular formula is C13H18ClNO2. The van der Waals surface area contributed by atoms with E-state index in [1.807, 2.05) is 43.1 Å². The van der Waals surface area contributed by atoms with Crippen LogP contribution < -0.4 is 0 Å². The Morgan fingerprint density at radius 3 is 2.35 bits per heavy atom. The van der Waals surface area contributed by atoms with Crippen LogP contribution in [0.3, 0.4) is 0 Å². The zero-order chi connectivity index (χ0) is 13.0. The molecule has 0 aliphatic rings. The van der Waals surface area contributed by atoms with Crippen molar-refractivity contribution in [1.29, 1.82) is 0 Å². The molecule has 2 unspecified atom stereocenters. The molecule has 0 fully saturated rings. The van der Waals surface area contributed by atoms with Gasteiger partial charge in [0.25, 0.3) is 0 Å². The number of aliphatic carboxylic acids is 1. The molecule has 3 nitrogen and oxygen atoms in total. The molecule has 0 bridgehead atoms. The van der Waals surface area contributed by atoms with Crippen LogP contribution in [-0.2, 0) is 4.79 Å². The normalized spacial score (nSPS) is 14.6. The average molecular weight is 256 g/mol. The van der Waals surface area contributed by atoms with Gasteiger partial charge in [-0.15, -0.1) is 0 Å². The summed E-state index contributed by atoms with van der Waals surface area (Å²) in [5.41, 5.74) is 1.17. The van der Waals surface area contributed by atoms with Gasteiger partial charge in [0, 0.05) is 11.1 Å². The Bertz CT molecular complexity index is 378. The number of carboxylic acids is 1. The largest absolute Gasteiger partial charge is 0.480 e. The van der Waals surface area contributed by atoms with E-state index in [1.165, 1.54) is 5.56 Å². The molecule has 0 radical (unpaired) electrons. The van der Waals surface area contributed by atoms with Crippen molar-refractivity contribution < 1.29 is 9.90 Å². The Kier molecular flexibility index (Phi) is 4.97. The maximum atomic E-state index is 10.7. The molecule has 1 aromatic carbocycles. The van der Waals surface area contributed by atoms with E-state index in [4.69, 9.17) is 16.7 Å². The number of hydrogen-bond acceptors (Lipinski definition) is 2. The topological polar surface area (TPSA) is 40.5 Å². The third-order valence-corrected chi connectivity index (χ3v) is 3.45. The van der Waals surface area contributed by atoms with Crippen molar-refractivity contribution in [3.8, 4) is 0 Å². The molecule has 94 valence electrons. The molecule has 4 heteroatoms. The maximum Gasteiger partial charge on any atom is 0.317 e. The minimum absolute atomic E-state index is 0.0547. The molecule has 1 aromatic rings. The molecule has 1 N–H and O–H groups in total. The molecule has 0 saturated carbocycles. The van der Waals surface area contributed by atoms with E-state index in [0.717, 1.165) is 0 Å². The van der Waals surface area contributed by atoms with Gasteiger partial charge in [-0.3, -0.25) is 9.69 Å². The molecule has 1 rings (SSSR count). The van der Waals surface area contributed by atoms with Gasteiger partial charge in [-0.05, 0) is 37.6 Å². The Balaban J connectivity index is 2.71. The van der Waals surface area contributed by atoms with Gasteiger partial charge < -0.3 is 5.11 Å². The van der Waals surface area contributed by atoms with Gasteiger partial charge in [-0.1, -0.05) is 30.7 Å². The number of benzene rings is 1. The highest BCUT2D eigenvalue weighted by atomic mass is 35.5. The van der Waals surface area contributed by atoms with E-state index in [9.17, 15) is 4.79 Å². The van der Waals surface area contributed by atoms with Crippen molar-refractivity contribution in [2.24, 2.45) is 0 Å². The van der Waals surface area contributed by atoms with E-state index in [1.54, 1.807) is 0 Å². The second kappa shape index (κ2) is 6.03. The SMILES string of the molecule is CC(c1ccc(Cl)cc1)C(C)N(C)CC(=O)O. The third kappa shape index (κ3) is 4.02. The molecule has 0 aromatic heterocycles. The summed E-state index contributed by atoms with van der Waals surface area (Å²) in [6, 6.07) is 7.84. The highest BCUT2D eigenvalue weighted by Crippen LogP contribution is 2.23. The van der Waals surface area contributed by atoms with Gasteiger partial charge in [0.2, 0.25) is 0 Å². The number of likely N-dealkylation sites (N-methyl/N-ethyl adjacent to an activating group) is 1. The summed E-state index contributed by atoms with van der Waals surface area (Å²) in [6.45, 7) is 4.17. The Morgan fingerprint density at radius 1 is 1.35 bits per heavy atom. The van der Waals surface area contributed by atoms with Crippen molar-refractivity contribution in [3.05, 3.63) is 34.9 Å². The number of carboxylic acid groups (broad SMARTS) is 1. The predicted octanol–water partition coefficient (Wildman–Crippen LogP) is 2.85. The number of hydrogen-bond donors (Lipinski definition) is 1. The molecule has 0 aliphatic heterocycles. The Hall–Kier alpha value is -1.06. The number of carbonyl (C=O) groups is 1. The lowest BCUT2D eigenvalue weighted by Crippen LogP contribution is -2.37. The Morgan fingerprint density at radius 2 is 1.88 bits per heavy atom.